The van der Waals surface area contributed by atoms with E-state index in [1.807, 2.05) is 6.07 Å². The molecule has 15 heteroatoms. The number of benzene rings is 3. The number of thioether (sulfide) groups is 1. The maximum absolute atomic E-state index is 12.7. The van der Waals surface area contributed by atoms with Gasteiger partial charge in [-0.2, -0.15) is 5.26 Å². The zero-order chi connectivity index (χ0) is 30.4. The van der Waals surface area contributed by atoms with E-state index in [0.717, 1.165) is 11.8 Å². The van der Waals surface area contributed by atoms with Crippen molar-refractivity contribution in [1.82, 2.24) is 9.97 Å². The Bertz CT molecular complexity index is 1840. The van der Waals surface area contributed by atoms with Gasteiger partial charge in [-0.1, -0.05) is 41.0 Å². The molecule has 0 bridgehead atoms. The van der Waals surface area contributed by atoms with Crippen LogP contribution in [-0.2, 0) is 14.8 Å². The molecule has 0 unspecified atom stereocenters. The van der Waals surface area contributed by atoms with E-state index in [1.165, 1.54) is 38.5 Å². The minimum atomic E-state index is -3.93. The second-order valence-electron chi connectivity index (χ2n) is 8.44. The second-order valence-corrected chi connectivity index (χ2v) is 11.8. The first kappa shape index (κ1) is 30.9. The van der Waals surface area contributed by atoms with Gasteiger partial charge in [0.05, 0.1) is 52.2 Å². The number of primary sulfonamides is 1. The number of carbonyl (C=O) groups excluding carboxylic acids is 1. The molecule has 0 saturated heterocycles. The SMILES string of the molecule is COc1cc2nc(SCC(=O)Nc3cccc(S(N)(=O)=O)c3)nc(Nc3c(Cl)cc(/C=C/C#N)cc3Cl)c2cc1OC. The molecule has 1 aromatic heterocycles. The quantitative estimate of drug-likeness (QED) is 0.112. The summed E-state index contributed by atoms with van der Waals surface area (Å²) in [6, 6.07) is 14.2. The van der Waals surface area contributed by atoms with Gasteiger partial charge in [0.2, 0.25) is 15.9 Å². The molecule has 42 heavy (non-hydrogen) atoms. The number of rotatable bonds is 10. The summed E-state index contributed by atoms with van der Waals surface area (Å²) in [7, 11) is -0.932. The molecule has 1 heterocycles. The fraction of sp³-hybridized carbons (Fsp3) is 0.111. The van der Waals surface area contributed by atoms with E-state index in [-0.39, 0.29) is 31.5 Å². The maximum atomic E-state index is 12.7. The topological polar surface area (TPSA) is 169 Å². The van der Waals surface area contributed by atoms with Gasteiger partial charge in [-0.15, -0.1) is 0 Å². The fourth-order valence-electron chi connectivity index (χ4n) is 3.73. The van der Waals surface area contributed by atoms with Crippen LogP contribution in [0.1, 0.15) is 5.56 Å². The van der Waals surface area contributed by atoms with Gasteiger partial charge in [-0.25, -0.2) is 23.5 Å². The normalized spacial score (nSPS) is 11.3. The highest BCUT2D eigenvalue weighted by Gasteiger charge is 2.17. The molecule has 0 saturated carbocycles. The van der Waals surface area contributed by atoms with E-state index >= 15 is 0 Å². The Kier molecular flexibility index (Phi) is 9.77. The third-order valence-corrected chi connectivity index (χ3v) is 7.97. The zero-order valence-corrected chi connectivity index (χ0v) is 25.2. The zero-order valence-electron chi connectivity index (χ0n) is 22.0. The van der Waals surface area contributed by atoms with Gasteiger partial charge in [0.15, 0.2) is 16.7 Å². The summed E-state index contributed by atoms with van der Waals surface area (Å²) in [6.07, 6.45) is 2.88. The molecule has 4 rings (SSSR count). The number of hydrogen-bond acceptors (Lipinski definition) is 10. The van der Waals surface area contributed by atoms with Gasteiger partial charge < -0.3 is 20.1 Å². The number of amides is 1. The van der Waals surface area contributed by atoms with Crippen LogP contribution in [0.2, 0.25) is 10.0 Å². The van der Waals surface area contributed by atoms with Crippen LogP contribution in [0.5, 0.6) is 11.5 Å². The number of fused-ring (bicyclic) bond motifs is 1. The van der Waals surface area contributed by atoms with Crippen molar-refractivity contribution < 1.29 is 22.7 Å². The summed E-state index contributed by atoms with van der Waals surface area (Å²) in [5.74, 6) is 0.673. The minimum Gasteiger partial charge on any atom is -0.493 e. The van der Waals surface area contributed by atoms with E-state index in [4.69, 9.17) is 43.1 Å². The lowest BCUT2D eigenvalue weighted by Crippen LogP contribution is -2.16. The first-order valence-electron chi connectivity index (χ1n) is 11.8. The van der Waals surface area contributed by atoms with Crippen molar-refractivity contribution in [3.8, 4) is 17.6 Å². The van der Waals surface area contributed by atoms with Crippen LogP contribution < -0.4 is 25.2 Å². The van der Waals surface area contributed by atoms with E-state index in [9.17, 15) is 13.2 Å². The minimum absolute atomic E-state index is 0.0979. The molecule has 0 aliphatic heterocycles. The Labute approximate surface area is 255 Å². The number of anilines is 3. The molecule has 216 valence electrons. The summed E-state index contributed by atoms with van der Waals surface area (Å²) >= 11 is 14.1. The lowest BCUT2D eigenvalue weighted by molar-refractivity contribution is -0.113. The van der Waals surface area contributed by atoms with E-state index in [0.29, 0.717) is 39.5 Å². The Morgan fingerprint density at radius 1 is 1.10 bits per heavy atom. The fourth-order valence-corrected chi connectivity index (χ4v) is 5.54. The van der Waals surface area contributed by atoms with Gasteiger partial charge in [-0.05, 0) is 48.0 Å². The molecule has 1 amide bonds. The summed E-state index contributed by atoms with van der Waals surface area (Å²) in [5, 5.41) is 21.1. The van der Waals surface area contributed by atoms with E-state index in [2.05, 4.69) is 20.6 Å². The van der Waals surface area contributed by atoms with Crippen molar-refractivity contribution in [3.63, 3.8) is 0 Å². The second kappa shape index (κ2) is 13.3. The summed E-state index contributed by atoms with van der Waals surface area (Å²) in [5.41, 5.74) is 1.75. The van der Waals surface area contributed by atoms with Crippen LogP contribution in [0.3, 0.4) is 0 Å². The van der Waals surface area contributed by atoms with Gasteiger partial charge in [-0.3, -0.25) is 4.79 Å². The molecular formula is C27H22Cl2N6O5S2. The third-order valence-electron chi connectivity index (χ3n) is 5.62. The van der Waals surface area contributed by atoms with Crippen molar-refractivity contribution in [1.29, 1.82) is 5.26 Å². The Hall–Kier alpha value is -4.06. The Balaban J connectivity index is 1.66. The molecule has 4 N–H and O–H groups in total. The molecule has 0 aliphatic rings. The maximum Gasteiger partial charge on any atom is 0.238 e. The average molecular weight is 646 g/mol. The largest absolute Gasteiger partial charge is 0.493 e. The predicted molar refractivity (Wildman–Crippen MR) is 164 cm³/mol. The van der Waals surface area contributed by atoms with Gasteiger partial charge in [0, 0.05) is 23.2 Å². The van der Waals surface area contributed by atoms with Crippen molar-refractivity contribution in [2.75, 3.05) is 30.6 Å². The Morgan fingerprint density at radius 2 is 1.79 bits per heavy atom. The van der Waals surface area contributed by atoms with Crippen molar-refractivity contribution in [3.05, 3.63) is 70.2 Å². The van der Waals surface area contributed by atoms with Crippen LogP contribution in [0.25, 0.3) is 17.0 Å². The number of allylic oxidation sites excluding steroid dienone is 1. The number of hydrogen-bond donors (Lipinski definition) is 3. The average Bonchev–Trinajstić information content (AvgIpc) is 2.95. The molecule has 0 radical (unpaired) electrons. The molecule has 0 spiro atoms. The highest BCUT2D eigenvalue weighted by molar-refractivity contribution is 7.99. The molecular weight excluding hydrogens is 623 g/mol. The lowest BCUT2D eigenvalue weighted by atomic mass is 10.1. The highest BCUT2D eigenvalue weighted by atomic mass is 35.5. The molecule has 0 atom stereocenters. The number of nitriles is 1. The highest BCUT2D eigenvalue weighted by Crippen LogP contribution is 2.39. The number of aromatic nitrogens is 2. The van der Waals surface area contributed by atoms with Crippen LogP contribution in [0.4, 0.5) is 17.2 Å². The number of halogens is 2. The predicted octanol–water partition coefficient (Wildman–Crippen LogP) is 5.61. The van der Waals surface area contributed by atoms with Crippen LogP contribution in [-0.4, -0.2) is 44.3 Å². The monoisotopic (exact) mass is 644 g/mol. The van der Waals surface area contributed by atoms with Crippen LogP contribution in [0, 0.1) is 11.3 Å². The number of carbonyl (C=O) groups is 1. The van der Waals surface area contributed by atoms with E-state index in [1.54, 1.807) is 36.4 Å². The molecule has 4 aromatic rings. The molecule has 3 aromatic carbocycles. The van der Waals surface area contributed by atoms with Crippen LogP contribution in [0.15, 0.2) is 64.7 Å². The summed E-state index contributed by atoms with van der Waals surface area (Å²) in [6.45, 7) is 0. The van der Waals surface area contributed by atoms with Crippen molar-refractivity contribution >= 4 is 85.1 Å². The van der Waals surface area contributed by atoms with Gasteiger partial charge in [0.25, 0.3) is 0 Å². The van der Waals surface area contributed by atoms with Gasteiger partial charge in [0.1, 0.15) is 5.82 Å². The van der Waals surface area contributed by atoms with Gasteiger partial charge >= 0.3 is 0 Å². The number of methoxy groups -OCH3 is 2. The molecule has 0 fully saturated rings. The standard InChI is InChI=1S/C27H22Cl2N6O5S2/c1-39-22-12-18-21(13-23(22)40-2)33-27(41-14-24(36)32-16-6-3-7-17(11-16)42(31,37)38)35-26(18)34-25-19(28)9-15(5-4-8-30)10-20(25)29/h3-7,9-13H,14H2,1-2H3,(H,32,36)(H2,31,37,38)(H,33,34,35)/b5-4+. The Morgan fingerprint density at radius 3 is 2.43 bits per heavy atom. The van der Waals surface area contributed by atoms with Crippen molar-refractivity contribution in [2.24, 2.45) is 5.14 Å². The van der Waals surface area contributed by atoms with Crippen LogP contribution >= 0.6 is 35.0 Å². The molecule has 11 nitrogen and oxygen atoms in total. The number of nitrogens with one attached hydrogen (secondary N) is 2. The summed E-state index contributed by atoms with van der Waals surface area (Å²) < 4.78 is 34.1. The third kappa shape index (κ3) is 7.41. The summed E-state index contributed by atoms with van der Waals surface area (Å²) in [4.78, 5) is 21.7. The number of nitrogens with zero attached hydrogens (tertiary/aromatic N) is 3. The first-order chi connectivity index (χ1) is 20.0. The number of ether oxygens (including phenoxy) is 2. The molecule has 0 aliphatic carbocycles. The number of nitrogens with two attached hydrogens (primary N) is 1. The smallest absolute Gasteiger partial charge is 0.238 e. The number of sulfonamides is 1. The first-order valence-corrected chi connectivity index (χ1v) is 15.1. The lowest BCUT2D eigenvalue weighted by Gasteiger charge is -2.15. The van der Waals surface area contributed by atoms with Crippen molar-refractivity contribution in [2.45, 2.75) is 10.1 Å². The van der Waals surface area contributed by atoms with E-state index < -0.39 is 15.9 Å².